The average Bonchev–Trinajstić information content (AvgIpc) is 2.52. The molecule has 0 unspecified atom stereocenters. The SMILES string of the molecule is O=C(NC1CCN(C(=O)c2cc(O)cc(O)c2)CC1)OCCCl. The number of hydrogen-bond donors (Lipinski definition) is 3. The van der Waals surface area contributed by atoms with Gasteiger partial charge in [0.25, 0.3) is 5.91 Å². The number of alkyl halides is 1. The van der Waals surface area contributed by atoms with Crippen molar-refractivity contribution in [1.29, 1.82) is 0 Å². The number of nitrogens with one attached hydrogen (secondary N) is 1. The number of carbonyl (C=O) groups is 2. The highest BCUT2D eigenvalue weighted by molar-refractivity contribution is 6.18. The summed E-state index contributed by atoms with van der Waals surface area (Å²) in [6, 6.07) is 3.74. The Morgan fingerprint density at radius 3 is 2.39 bits per heavy atom. The summed E-state index contributed by atoms with van der Waals surface area (Å²) in [4.78, 5) is 25.4. The van der Waals surface area contributed by atoms with Crippen LogP contribution in [0.4, 0.5) is 4.79 Å². The zero-order valence-electron chi connectivity index (χ0n) is 12.5. The molecule has 8 heteroatoms. The second-order valence-electron chi connectivity index (χ2n) is 5.27. The summed E-state index contributed by atoms with van der Waals surface area (Å²) in [5.41, 5.74) is 0.232. The molecule has 23 heavy (non-hydrogen) atoms. The van der Waals surface area contributed by atoms with E-state index in [-0.39, 0.29) is 41.5 Å². The number of phenolic OH excluding ortho intramolecular Hbond substituents is 2. The van der Waals surface area contributed by atoms with Crippen LogP contribution in [0.5, 0.6) is 11.5 Å². The number of rotatable bonds is 4. The molecule has 0 atom stereocenters. The lowest BCUT2D eigenvalue weighted by atomic mass is 10.0. The number of halogens is 1. The fourth-order valence-corrected chi connectivity index (χ4v) is 2.54. The maximum absolute atomic E-state index is 12.4. The topological polar surface area (TPSA) is 99.1 Å². The molecule has 1 aliphatic heterocycles. The van der Waals surface area contributed by atoms with E-state index in [1.807, 2.05) is 0 Å². The van der Waals surface area contributed by atoms with Crippen LogP contribution >= 0.6 is 11.6 Å². The van der Waals surface area contributed by atoms with Gasteiger partial charge in [-0.05, 0) is 25.0 Å². The van der Waals surface area contributed by atoms with Gasteiger partial charge in [-0.3, -0.25) is 4.79 Å². The summed E-state index contributed by atoms with van der Waals surface area (Å²) < 4.78 is 4.85. The summed E-state index contributed by atoms with van der Waals surface area (Å²) in [5, 5.41) is 21.6. The van der Waals surface area contributed by atoms with Crippen LogP contribution in [0, 0.1) is 0 Å². The average molecular weight is 343 g/mol. The van der Waals surface area contributed by atoms with Gasteiger partial charge in [-0.2, -0.15) is 0 Å². The molecule has 1 aromatic carbocycles. The lowest BCUT2D eigenvalue weighted by molar-refractivity contribution is 0.0701. The van der Waals surface area contributed by atoms with E-state index in [1.165, 1.54) is 18.2 Å². The number of alkyl carbamates (subject to hydrolysis) is 1. The molecule has 0 spiro atoms. The van der Waals surface area contributed by atoms with Crippen molar-refractivity contribution >= 4 is 23.6 Å². The third-order valence-corrected chi connectivity index (χ3v) is 3.72. The van der Waals surface area contributed by atoms with Crippen LogP contribution in [0.25, 0.3) is 0 Å². The van der Waals surface area contributed by atoms with Gasteiger partial charge in [-0.15, -0.1) is 11.6 Å². The van der Waals surface area contributed by atoms with Crippen LogP contribution in [-0.2, 0) is 4.74 Å². The summed E-state index contributed by atoms with van der Waals surface area (Å²) in [7, 11) is 0. The van der Waals surface area contributed by atoms with Gasteiger partial charge in [-0.25, -0.2) is 4.79 Å². The van der Waals surface area contributed by atoms with Gasteiger partial charge in [-0.1, -0.05) is 0 Å². The lowest BCUT2D eigenvalue weighted by Crippen LogP contribution is -2.46. The van der Waals surface area contributed by atoms with Gasteiger partial charge in [0.1, 0.15) is 18.1 Å². The molecule has 0 radical (unpaired) electrons. The maximum Gasteiger partial charge on any atom is 0.407 e. The monoisotopic (exact) mass is 342 g/mol. The van der Waals surface area contributed by atoms with Crippen molar-refractivity contribution in [2.75, 3.05) is 25.6 Å². The van der Waals surface area contributed by atoms with E-state index in [2.05, 4.69) is 5.32 Å². The van der Waals surface area contributed by atoms with Crippen molar-refractivity contribution in [1.82, 2.24) is 10.2 Å². The van der Waals surface area contributed by atoms with Crippen LogP contribution in [0.1, 0.15) is 23.2 Å². The van der Waals surface area contributed by atoms with Crippen LogP contribution in [0.3, 0.4) is 0 Å². The predicted octanol–water partition coefficient (Wildman–Crippen LogP) is 1.67. The summed E-state index contributed by atoms with van der Waals surface area (Å²) in [5.74, 6) is -0.338. The Labute approximate surface area is 138 Å². The number of ether oxygens (including phenoxy) is 1. The third-order valence-electron chi connectivity index (χ3n) is 3.56. The molecule has 1 heterocycles. The molecule has 1 saturated heterocycles. The van der Waals surface area contributed by atoms with Gasteiger partial charge < -0.3 is 25.2 Å². The molecule has 7 nitrogen and oxygen atoms in total. The normalized spacial score (nSPS) is 15.3. The van der Waals surface area contributed by atoms with Crippen molar-refractivity contribution in [3.8, 4) is 11.5 Å². The maximum atomic E-state index is 12.4. The molecule has 3 N–H and O–H groups in total. The van der Waals surface area contributed by atoms with Crippen molar-refractivity contribution in [3.05, 3.63) is 23.8 Å². The first-order chi connectivity index (χ1) is 11.0. The first-order valence-electron chi connectivity index (χ1n) is 7.31. The van der Waals surface area contributed by atoms with E-state index in [0.717, 1.165) is 0 Å². The highest BCUT2D eigenvalue weighted by atomic mass is 35.5. The van der Waals surface area contributed by atoms with E-state index >= 15 is 0 Å². The molecule has 0 bridgehead atoms. The van der Waals surface area contributed by atoms with Crippen LogP contribution in [0.2, 0.25) is 0 Å². The van der Waals surface area contributed by atoms with Gasteiger partial charge in [0.2, 0.25) is 0 Å². The second kappa shape index (κ2) is 7.92. The Morgan fingerprint density at radius 1 is 1.22 bits per heavy atom. The Bertz CT molecular complexity index is 553. The van der Waals surface area contributed by atoms with E-state index in [9.17, 15) is 19.8 Å². The standard InChI is InChI=1S/C15H19ClN2O5/c16-3-6-23-15(22)17-11-1-4-18(5-2-11)14(21)10-7-12(19)9-13(20)8-10/h7-9,11,19-20H,1-6H2,(H,17,22). The van der Waals surface area contributed by atoms with Crippen molar-refractivity contribution < 1.29 is 24.5 Å². The van der Waals surface area contributed by atoms with Crippen molar-refractivity contribution in [3.63, 3.8) is 0 Å². The minimum atomic E-state index is -0.506. The van der Waals surface area contributed by atoms with E-state index in [0.29, 0.717) is 25.9 Å². The Hall–Kier alpha value is -2.15. The molecular formula is C15H19ClN2O5. The third kappa shape index (κ3) is 4.92. The molecule has 0 saturated carbocycles. The molecule has 0 aliphatic carbocycles. The minimum absolute atomic E-state index is 0.0561. The predicted molar refractivity (Wildman–Crippen MR) is 83.9 cm³/mol. The smallest absolute Gasteiger partial charge is 0.407 e. The van der Waals surface area contributed by atoms with E-state index in [4.69, 9.17) is 16.3 Å². The second-order valence-corrected chi connectivity index (χ2v) is 5.65. The Balaban J connectivity index is 1.86. The minimum Gasteiger partial charge on any atom is -0.508 e. The molecule has 0 aromatic heterocycles. The first-order valence-corrected chi connectivity index (χ1v) is 7.84. The van der Waals surface area contributed by atoms with Crippen LogP contribution in [-0.4, -0.2) is 58.7 Å². The summed E-state index contributed by atoms with van der Waals surface area (Å²) in [6.45, 7) is 1.09. The quantitative estimate of drug-likeness (QED) is 0.723. The molecule has 1 aromatic rings. The largest absolute Gasteiger partial charge is 0.508 e. The highest BCUT2D eigenvalue weighted by Gasteiger charge is 2.25. The summed E-state index contributed by atoms with van der Waals surface area (Å²) >= 11 is 5.44. The number of likely N-dealkylation sites (tertiary alicyclic amines) is 1. The van der Waals surface area contributed by atoms with Gasteiger partial charge in [0, 0.05) is 30.8 Å². The van der Waals surface area contributed by atoms with Crippen LogP contribution < -0.4 is 5.32 Å². The number of benzene rings is 1. The number of amides is 2. The Morgan fingerprint density at radius 2 is 1.83 bits per heavy atom. The number of carbonyl (C=O) groups excluding carboxylic acids is 2. The fourth-order valence-electron chi connectivity index (χ4n) is 2.47. The molecular weight excluding hydrogens is 324 g/mol. The fraction of sp³-hybridized carbons (Fsp3) is 0.467. The van der Waals surface area contributed by atoms with Crippen LogP contribution in [0.15, 0.2) is 18.2 Å². The number of nitrogens with zero attached hydrogens (tertiary/aromatic N) is 1. The first kappa shape index (κ1) is 17.2. The Kier molecular flexibility index (Phi) is 5.92. The lowest BCUT2D eigenvalue weighted by Gasteiger charge is -2.32. The molecule has 126 valence electrons. The van der Waals surface area contributed by atoms with Gasteiger partial charge in [0.15, 0.2) is 0 Å². The number of hydrogen-bond acceptors (Lipinski definition) is 5. The van der Waals surface area contributed by atoms with Crippen molar-refractivity contribution in [2.45, 2.75) is 18.9 Å². The highest BCUT2D eigenvalue weighted by Crippen LogP contribution is 2.22. The molecule has 2 rings (SSSR count). The number of phenols is 2. The zero-order valence-corrected chi connectivity index (χ0v) is 13.3. The van der Waals surface area contributed by atoms with E-state index in [1.54, 1.807) is 4.90 Å². The molecule has 2 amide bonds. The number of aromatic hydroxyl groups is 2. The van der Waals surface area contributed by atoms with Gasteiger partial charge >= 0.3 is 6.09 Å². The molecule has 1 aliphatic rings. The van der Waals surface area contributed by atoms with E-state index < -0.39 is 6.09 Å². The zero-order chi connectivity index (χ0) is 16.8. The summed E-state index contributed by atoms with van der Waals surface area (Å²) in [6.07, 6.45) is 0.701. The number of piperidine rings is 1. The van der Waals surface area contributed by atoms with Crippen molar-refractivity contribution in [2.24, 2.45) is 0 Å². The molecule has 1 fully saturated rings. The van der Waals surface area contributed by atoms with Gasteiger partial charge in [0.05, 0.1) is 5.88 Å².